The summed E-state index contributed by atoms with van der Waals surface area (Å²) >= 11 is 0. The van der Waals surface area contributed by atoms with Crippen molar-refractivity contribution in [3.63, 3.8) is 0 Å². The molecule has 1 N–H and O–H groups in total. The Labute approximate surface area is 144 Å². The van der Waals surface area contributed by atoms with Crippen LogP contribution in [-0.4, -0.2) is 40.7 Å². The topological polar surface area (TPSA) is 75.8 Å². The molecule has 3 rings (SSSR count). The van der Waals surface area contributed by atoms with Crippen LogP contribution in [0.3, 0.4) is 0 Å². The second-order valence-corrected chi connectivity index (χ2v) is 6.12. The van der Waals surface area contributed by atoms with Gasteiger partial charge in [-0.25, -0.2) is 4.39 Å². The first-order valence-electron chi connectivity index (χ1n) is 8.06. The third-order valence-electron chi connectivity index (χ3n) is 4.19. The van der Waals surface area contributed by atoms with Crippen LogP contribution in [0, 0.1) is 15.9 Å². The number of benzene rings is 2. The van der Waals surface area contributed by atoms with Crippen LogP contribution in [0.4, 0.5) is 10.1 Å². The molecule has 0 aliphatic carbocycles. The summed E-state index contributed by atoms with van der Waals surface area (Å²) in [6.07, 6.45) is 0.160. The molecule has 1 unspecified atom stereocenters. The maximum atomic E-state index is 13.4. The van der Waals surface area contributed by atoms with Crippen molar-refractivity contribution in [3.8, 4) is 5.75 Å². The Kier molecular flexibility index (Phi) is 5.25. The van der Waals surface area contributed by atoms with E-state index >= 15 is 0 Å². The Balaban J connectivity index is 1.54. The van der Waals surface area contributed by atoms with Crippen molar-refractivity contribution in [1.29, 1.82) is 0 Å². The van der Waals surface area contributed by atoms with Crippen LogP contribution in [0.25, 0.3) is 0 Å². The van der Waals surface area contributed by atoms with Crippen molar-refractivity contribution in [2.45, 2.75) is 19.1 Å². The normalized spacial score (nSPS) is 15.4. The van der Waals surface area contributed by atoms with E-state index in [4.69, 9.17) is 4.74 Å². The average molecular weight is 346 g/mol. The molecule has 6 nitrogen and oxygen atoms in total. The van der Waals surface area contributed by atoms with Crippen molar-refractivity contribution in [2.75, 3.05) is 19.7 Å². The second kappa shape index (κ2) is 7.58. The molecule has 1 atom stereocenters. The molecule has 1 aliphatic heterocycles. The molecule has 0 saturated heterocycles. The highest BCUT2D eigenvalue weighted by Gasteiger charge is 2.19. The van der Waals surface area contributed by atoms with Gasteiger partial charge in [0, 0.05) is 25.7 Å². The van der Waals surface area contributed by atoms with Gasteiger partial charge in [-0.2, -0.15) is 0 Å². The van der Waals surface area contributed by atoms with Gasteiger partial charge in [-0.05, 0) is 17.5 Å². The van der Waals surface area contributed by atoms with Crippen molar-refractivity contribution < 1.29 is 19.2 Å². The first kappa shape index (κ1) is 17.3. The zero-order valence-corrected chi connectivity index (χ0v) is 13.6. The van der Waals surface area contributed by atoms with Gasteiger partial charge in [0.2, 0.25) is 0 Å². The third kappa shape index (κ3) is 4.52. The minimum Gasteiger partial charge on any atom is -0.490 e. The number of aliphatic hydroxyl groups is 1. The predicted molar refractivity (Wildman–Crippen MR) is 90.0 cm³/mol. The van der Waals surface area contributed by atoms with Gasteiger partial charge in [-0.1, -0.05) is 24.3 Å². The molecule has 0 spiro atoms. The Morgan fingerprint density at radius 2 is 2.04 bits per heavy atom. The van der Waals surface area contributed by atoms with Crippen LogP contribution in [0.15, 0.2) is 42.5 Å². The van der Waals surface area contributed by atoms with E-state index < -0.39 is 16.8 Å². The smallest absolute Gasteiger partial charge is 0.276 e. The lowest BCUT2D eigenvalue weighted by Gasteiger charge is -2.30. The molecule has 2 aromatic carbocycles. The molecule has 25 heavy (non-hydrogen) atoms. The standard InChI is InChI=1S/C18H19FN2O4/c19-15-7-16(21(23)24)9-18(8-15)25-12-17(22)11-20-6-5-13-3-1-2-4-14(13)10-20/h1-4,7-9,17,22H,5-6,10-12H2. The number of ether oxygens (including phenoxy) is 1. The zero-order valence-electron chi connectivity index (χ0n) is 13.6. The maximum Gasteiger partial charge on any atom is 0.276 e. The van der Waals surface area contributed by atoms with Gasteiger partial charge < -0.3 is 9.84 Å². The summed E-state index contributed by atoms with van der Waals surface area (Å²) in [6.45, 7) is 1.97. The van der Waals surface area contributed by atoms with Crippen molar-refractivity contribution in [3.05, 3.63) is 69.5 Å². The lowest BCUT2D eigenvalue weighted by Crippen LogP contribution is -2.38. The van der Waals surface area contributed by atoms with Crippen LogP contribution in [0.1, 0.15) is 11.1 Å². The third-order valence-corrected chi connectivity index (χ3v) is 4.19. The Bertz CT molecular complexity index is 768. The number of nitro benzene ring substituents is 1. The highest BCUT2D eigenvalue weighted by molar-refractivity contribution is 5.38. The number of fused-ring (bicyclic) bond motifs is 1. The van der Waals surface area contributed by atoms with Crippen molar-refractivity contribution in [2.24, 2.45) is 0 Å². The monoisotopic (exact) mass is 346 g/mol. The minimum absolute atomic E-state index is 0.0368. The number of rotatable bonds is 6. The molecule has 7 heteroatoms. The Morgan fingerprint density at radius 3 is 2.80 bits per heavy atom. The number of β-amino-alcohol motifs (C(OH)–C–C–N with tert-alkyl or cyclic N) is 1. The van der Waals surface area contributed by atoms with E-state index in [1.165, 1.54) is 11.1 Å². The highest BCUT2D eigenvalue weighted by Crippen LogP contribution is 2.22. The molecule has 2 aromatic rings. The van der Waals surface area contributed by atoms with E-state index in [0.717, 1.165) is 37.7 Å². The summed E-state index contributed by atoms with van der Waals surface area (Å²) in [5, 5.41) is 20.9. The van der Waals surface area contributed by atoms with Gasteiger partial charge in [0.05, 0.1) is 17.1 Å². The first-order chi connectivity index (χ1) is 12.0. The molecule has 1 aliphatic rings. The number of aliphatic hydroxyl groups excluding tert-OH is 1. The lowest BCUT2D eigenvalue weighted by atomic mass is 10.00. The number of hydrogen-bond donors (Lipinski definition) is 1. The fourth-order valence-electron chi connectivity index (χ4n) is 2.99. The molecule has 1 heterocycles. The zero-order chi connectivity index (χ0) is 17.8. The quantitative estimate of drug-likeness (QED) is 0.642. The van der Waals surface area contributed by atoms with Gasteiger partial charge >= 0.3 is 0 Å². The van der Waals surface area contributed by atoms with E-state index in [0.29, 0.717) is 6.54 Å². The molecular weight excluding hydrogens is 327 g/mol. The fourth-order valence-corrected chi connectivity index (χ4v) is 2.99. The van der Waals surface area contributed by atoms with Crippen LogP contribution in [-0.2, 0) is 13.0 Å². The summed E-state index contributed by atoms with van der Waals surface area (Å²) in [5.41, 5.74) is 2.20. The van der Waals surface area contributed by atoms with Crippen molar-refractivity contribution in [1.82, 2.24) is 4.90 Å². The van der Waals surface area contributed by atoms with Gasteiger partial charge in [0.25, 0.3) is 5.69 Å². The molecule has 0 saturated carbocycles. The Morgan fingerprint density at radius 1 is 1.28 bits per heavy atom. The van der Waals surface area contributed by atoms with Gasteiger partial charge in [-0.15, -0.1) is 0 Å². The fraction of sp³-hybridized carbons (Fsp3) is 0.333. The molecule has 0 amide bonds. The van der Waals surface area contributed by atoms with Crippen LogP contribution in [0.5, 0.6) is 5.75 Å². The SMILES string of the molecule is O=[N+]([O-])c1cc(F)cc(OCC(O)CN2CCc3ccccc3C2)c1. The largest absolute Gasteiger partial charge is 0.490 e. The summed E-state index contributed by atoms with van der Waals surface area (Å²) in [7, 11) is 0. The first-order valence-corrected chi connectivity index (χ1v) is 8.06. The molecule has 0 bridgehead atoms. The summed E-state index contributed by atoms with van der Waals surface area (Å²) in [6, 6.07) is 11.3. The van der Waals surface area contributed by atoms with Gasteiger partial charge in [0.15, 0.2) is 0 Å². The van der Waals surface area contributed by atoms with Gasteiger partial charge in [-0.3, -0.25) is 15.0 Å². The highest BCUT2D eigenvalue weighted by atomic mass is 19.1. The van der Waals surface area contributed by atoms with E-state index in [2.05, 4.69) is 17.0 Å². The van der Waals surface area contributed by atoms with E-state index in [1.807, 2.05) is 12.1 Å². The molecule has 0 fully saturated rings. The molecule has 0 aromatic heterocycles. The predicted octanol–water partition coefficient (Wildman–Crippen LogP) is 2.53. The number of halogens is 1. The van der Waals surface area contributed by atoms with Gasteiger partial charge in [0.1, 0.15) is 24.3 Å². The van der Waals surface area contributed by atoms with E-state index in [-0.39, 0.29) is 18.0 Å². The number of non-ortho nitro benzene ring substituents is 1. The number of nitrogens with zero attached hydrogens (tertiary/aromatic N) is 2. The van der Waals surface area contributed by atoms with E-state index in [9.17, 15) is 19.6 Å². The Hall–Kier alpha value is -2.51. The minimum atomic E-state index is -0.771. The maximum absolute atomic E-state index is 13.4. The van der Waals surface area contributed by atoms with Crippen molar-refractivity contribution >= 4 is 5.69 Å². The number of nitro groups is 1. The van der Waals surface area contributed by atoms with Crippen LogP contribution in [0.2, 0.25) is 0 Å². The average Bonchev–Trinajstić information content (AvgIpc) is 2.59. The summed E-state index contributed by atoms with van der Waals surface area (Å²) in [4.78, 5) is 12.2. The molecule has 0 radical (unpaired) electrons. The van der Waals surface area contributed by atoms with Crippen LogP contribution < -0.4 is 4.74 Å². The lowest BCUT2D eigenvalue weighted by molar-refractivity contribution is -0.385. The summed E-state index contributed by atoms with van der Waals surface area (Å²) in [5.74, 6) is -0.707. The summed E-state index contributed by atoms with van der Waals surface area (Å²) < 4.78 is 18.7. The number of hydrogen-bond acceptors (Lipinski definition) is 5. The van der Waals surface area contributed by atoms with Crippen LogP contribution >= 0.6 is 0 Å². The second-order valence-electron chi connectivity index (χ2n) is 6.12. The van der Waals surface area contributed by atoms with E-state index in [1.54, 1.807) is 0 Å². The molecule has 132 valence electrons. The molecular formula is C18H19FN2O4.